The zero-order valence-electron chi connectivity index (χ0n) is 21.0. The number of amides is 1. The Balaban J connectivity index is 1.92. The first-order valence-electron chi connectivity index (χ1n) is 12.2. The minimum atomic E-state index is -0.343. The topological polar surface area (TPSA) is 90.4 Å². The zero-order chi connectivity index (χ0) is 25.3. The number of nitrogens with zero attached hydrogens (tertiary/aromatic N) is 4. The SMILES string of the molecule is Cc1cccc(Cn2nc3n(CCC(C)C)c(=O)c4ccc(C(=O)NCC(C)C)cc4n3c2=O)c1. The minimum absolute atomic E-state index is 0.213. The zero-order valence-corrected chi connectivity index (χ0v) is 21.0. The van der Waals surface area contributed by atoms with E-state index >= 15 is 0 Å². The average Bonchev–Trinajstić information content (AvgIpc) is 3.12. The third-order valence-electron chi connectivity index (χ3n) is 6.06. The van der Waals surface area contributed by atoms with Crippen molar-refractivity contribution in [1.29, 1.82) is 0 Å². The van der Waals surface area contributed by atoms with E-state index in [0.717, 1.165) is 17.5 Å². The molecule has 0 bridgehead atoms. The summed E-state index contributed by atoms with van der Waals surface area (Å²) in [4.78, 5) is 39.8. The lowest BCUT2D eigenvalue weighted by Crippen LogP contribution is -2.29. The van der Waals surface area contributed by atoms with Gasteiger partial charge in [-0.1, -0.05) is 57.5 Å². The molecule has 0 radical (unpaired) electrons. The molecule has 2 aromatic carbocycles. The van der Waals surface area contributed by atoms with Crippen molar-refractivity contribution in [3.8, 4) is 0 Å². The lowest BCUT2D eigenvalue weighted by molar-refractivity contribution is 0.0949. The Morgan fingerprint density at radius 3 is 2.49 bits per heavy atom. The van der Waals surface area contributed by atoms with E-state index in [1.165, 1.54) is 9.08 Å². The number of benzene rings is 2. The normalized spacial score (nSPS) is 11.7. The Morgan fingerprint density at radius 1 is 1.03 bits per heavy atom. The third-order valence-corrected chi connectivity index (χ3v) is 6.06. The molecule has 0 fully saturated rings. The van der Waals surface area contributed by atoms with Gasteiger partial charge >= 0.3 is 5.69 Å². The number of rotatable bonds is 8. The van der Waals surface area contributed by atoms with Gasteiger partial charge < -0.3 is 5.32 Å². The summed E-state index contributed by atoms with van der Waals surface area (Å²) < 4.78 is 4.43. The first-order valence-corrected chi connectivity index (χ1v) is 12.2. The summed E-state index contributed by atoms with van der Waals surface area (Å²) in [6.07, 6.45) is 0.774. The molecule has 4 aromatic rings. The summed E-state index contributed by atoms with van der Waals surface area (Å²) in [6, 6.07) is 12.8. The molecule has 0 aliphatic heterocycles. The van der Waals surface area contributed by atoms with E-state index in [1.54, 1.807) is 22.8 Å². The first kappa shape index (κ1) is 24.4. The van der Waals surface area contributed by atoms with Gasteiger partial charge in [0.05, 0.1) is 17.4 Å². The number of hydrogen-bond acceptors (Lipinski definition) is 4. The van der Waals surface area contributed by atoms with Crippen LogP contribution in [0, 0.1) is 18.8 Å². The Kier molecular flexibility index (Phi) is 6.91. The molecule has 4 rings (SSSR count). The summed E-state index contributed by atoms with van der Waals surface area (Å²) in [5.41, 5.74) is 2.28. The maximum atomic E-state index is 13.6. The molecule has 2 aromatic heterocycles. The van der Waals surface area contributed by atoms with Crippen molar-refractivity contribution < 1.29 is 4.79 Å². The summed E-state index contributed by atoms with van der Waals surface area (Å²) >= 11 is 0. The molecular weight excluding hydrogens is 442 g/mol. The second-order valence-electron chi connectivity index (χ2n) is 10.0. The maximum Gasteiger partial charge on any atom is 0.352 e. The van der Waals surface area contributed by atoms with Crippen molar-refractivity contribution in [1.82, 2.24) is 24.1 Å². The van der Waals surface area contributed by atoms with Crippen LogP contribution in [0.4, 0.5) is 0 Å². The molecule has 1 N–H and O–H groups in total. The lowest BCUT2D eigenvalue weighted by atomic mass is 10.1. The van der Waals surface area contributed by atoms with E-state index in [4.69, 9.17) is 0 Å². The van der Waals surface area contributed by atoms with Crippen LogP contribution in [-0.4, -0.2) is 31.2 Å². The first-order chi connectivity index (χ1) is 16.7. The molecular formula is C27H33N5O3. The molecule has 0 unspecified atom stereocenters. The van der Waals surface area contributed by atoms with Gasteiger partial charge in [-0.2, -0.15) is 0 Å². The molecule has 8 nitrogen and oxygen atoms in total. The van der Waals surface area contributed by atoms with Gasteiger partial charge in [-0.15, -0.1) is 5.10 Å². The highest BCUT2D eigenvalue weighted by Gasteiger charge is 2.19. The van der Waals surface area contributed by atoms with E-state index in [2.05, 4.69) is 24.3 Å². The molecule has 0 atom stereocenters. The predicted octanol–water partition coefficient (Wildman–Crippen LogP) is 3.60. The van der Waals surface area contributed by atoms with Crippen molar-refractivity contribution in [3.05, 3.63) is 80.0 Å². The fraction of sp³-hybridized carbons (Fsp3) is 0.407. The monoisotopic (exact) mass is 475 g/mol. The van der Waals surface area contributed by atoms with Gasteiger partial charge in [0.15, 0.2) is 0 Å². The Labute approximate surface area is 204 Å². The van der Waals surface area contributed by atoms with Crippen molar-refractivity contribution in [2.75, 3.05) is 6.54 Å². The standard InChI is InChI=1S/C27H33N5O3/c1-17(2)11-12-30-25(34)22-10-9-21(24(33)28-15-18(3)4)14-23(22)32-26(30)29-31(27(32)35)16-20-8-6-7-19(5)13-20/h6-10,13-14,17-18H,11-12,15-16H2,1-5H3,(H,28,33). The van der Waals surface area contributed by atoms with Gasteiger partial charge in [-0.3, -0.25) is 14.2 Å². The largest absolute Gasteiger partial charge is 0.352 e. The smallest absolute Gasteiger partial charge is 0.352 e. The fourth-order valence-electron chi connectivity index (χ4n) is 4.13. The average molecular weight is 476 g/mol. The van der Waals surface area contributed by atoms with Crippen molar-refractivity contribution >= 4 is 22.6 Å². The molecule has 0 aliphatic rings. The van der Waals surface area contributed by atoms with Crippen LogP contribution in [0.25, 0.3) is 16.7 Å². The van der Waals surface area contributed by atoms with E-state index in [9.17, 15) is 14.4 Å². The molecule has 0 saturated carbocycles. The summed E-state index contributed by atoms with van der Waals surface area (Å²) in [5.74, 6) is 0.742. The van der Waals surface area contributed by atoms with E-state index in [0.29, 0.717) is 47.2 Å². The summed E-state index contributed by atoms with van der Waals surface area (Å²) in [6.45, 7) is 11.5. The van der Waals surface area contributed by atoms with E-state index < -0.39 is 0 Å². The molecule has 0 aliphatic carbocycles. The molecule has 184 valence electrons. The van der Waals surface area contributed by atoms with Crippen molar-refractivity contribution in [2.45, 2.75) is 54.1 Å². The molecule has 0 saturated heterocycles. The highest BCUT2D eigenvalue weighted by atomic mass is 16.2. The molecule has 0 spiro atoms. The molecule has 2 heterocycles. The predicted molar refractivity (Wildman–Crippen MR) is 138 cm³/mol. The quantitative estimate of drug-likeness (QED) is 0.422. The second kappa shape index (κ2) is 9.90. The molecule has 1 amide bonds. The molecule has 35 heavy (non-hydrogen) atoms. The Hall–Kier alpha value is -3.68. The number of carbonyl (C=O) groups excluding carboxylic acids is 1. The van der Waals surface area contributed by atoms with Crippen LogP contribution in [0.2, 0.25) is 0 Å². The second-order valence-corrected chi connectivity index (χ2v) is 10.0. The fourth-order valence-corrected chi connectivity index (χ4v) is 4.13. The van der Waals surface area contributed by atoms with E-state index in [-0.39, 0.29) is 23.7 Å². The van der Waals surface area contributed by atoms with Crippen LogP contribution in [0.3, 0.4) is 0 Å². The van der Waals surface area contributed by atoms with Crippen LogP contribution in [-0.2, 0) is 13.1 Å². The minimum Gasteiger partial charge on any atom is -0.352 e. The number of aryl methyl sites for hydroxylation is 2. The van der Waals surface area contributed by atoms with Gasteiger partial charge in [-0.25, -0.2) is 13.9 Å². The van der Waals surface area contributed by atoms with E-state index in [1.807, 2.05) is 45.0 Å². The highest BCUT2D eigenvalue weighted by molar-refractivity contribution is 5.98. The van der Waals surface area contributed by atoms with Gasteiger partial charge in [0.1, 0.15) is 0 Å². The van der Waals surface area contributed by atoms with Gasteiger partial charge in [-0.05, 0) is 48.9 Å². The Bertz CT molecular complexity index is 1510. The van der Waals surface area contributed by atoms with Crippen molar-refractivity contribution in [2.24, 2.45) is 11.8 Å². The van der Waals surface area contributed by atoms with Crippen LogP contribution in [0.15, 0.2) is 52.1 Å². The van der Waals surface area contributed by atoms with Crippen molar-refractivity contribution in [3.63, 3.8) is 0 Å². The third kappa shape index (κ3) is 5.06. The van der Waals surface area contributed by atoms with Gasteiger partial charge in [0, 0.05) is 18.7 Å². The van der Waals surface area contributed by atoms with Crippen LogP contribution in [0.1, 0.15) is 55.6 Å². The van der Waals surface area contributed by atoms with Crippen LogP contribution in [0.5, 0.6) is 0 Å². The summed E-state index contributed by atoms with van der Waals surface area (Å²) in [5, 5.41) is 7.87. The van der Waals surface area contributed by atoms with Crippen LogP contribution < -0.4 is 16.6 Å². The number of hydrogen-bond donors (Lipinski definition) is 1. The number of aromatic nitrogens is 4. The lowest BCUT2D eigenvalue weighted by Gasteiger charge is -2.12. The maximum absolute atomic E-state index is 13.6. The van der Waals surface area contributed by atoms with Gasteiger partial charge in [0.2, 0.25) is 5.78 Å². The molecule has 8 heteroatoms. The Morgan fingerprint density at radius 2 is 1.80 bits per heavy atom. The number of carbonyl (C=O) groups is 1. The van der Waals surface area contributed by atoms with Crippen LogP contribution >= 0.6 is 0 Å². The summed E-state index contributed by atoms with van der Waals surface area (Å²) in [7, 11) is 0. The number of fused-ring (bicyclic) bond motifs is 3. The van der Waals surface area contributed by atoms with Gasteiger partial charge in [0.25, 0.3) is 11.5 Å². The number of nitrogens with one attached hydrogen (secondary N) is 1. The highest BCUT2D eigenvalue weighted by Crippen LogP contribution is 2.16.